The zero-order chi connectivity index (χ0) is 11.9. The van der Waals surface area contributed by atoms with E-state index in [-0.39, 0.29) is 4.83 Å². The first-order valence-electron chi connectivity index (χ1n) is 5.15. The molecule has 16 heavy (non-hydrogen) atoms. The molecule has 0 aliphatic carbocycles. The van der Waals surface area contributed by atoms with Crippen LogP contribution < -0.4 is 9.47 Å². The summed E-state index contributed by atoms with van der Waals surface area (Å²) in [5, 5.41) is 10.2. The van der Waals surface area contributed by atoms with E-state index in [4.69, 9.17) is 9.47 Å². The molecule has 0 spiro atoms. The minimum Gasteiger partial charge on any atom is -0.497 e. The average molecular weight is 287 g/mol. The Hall–Kier alpha value is -0.740. The van der Waals surface area contributed by atoms with Crippen molar-refractivity contribution in [2.45, 2.75) is 30.4 Å². The molecule has 0 radical (unpaired) electrons. The van der Waals surface area contributed by atoms with E-state index in [0.29, 0.717) is 5.75 Å². The molecule has 4 heteroatoms. The van der Waals surface area contributed by atoms with E-state index in [0.717, 1.165) is 11.3 Å². The number of ether oxygens (including phenoxy) is 2. The van der Waals surface area contributed by atoms with Gasteiger partial charge in [-0.3, -0.25) is 0 Å². The van der Waals surface area contributed by atoms with Crippen LogP contribution in [-0.2, 0) is 0 Å². The van der Waals surface area contributed by atoms with Gasteiger partial charge in [0.05, 0.1) is 18.0 Å². The largest absolute Gasteiger partial charge is 0.497 e. The molecule has 1 aliphatic rings. The average Bonchev–Trinajstić information content (AvgIpc) is 2.25. The maximum atomic E-state index is 10.2. The maximum absolute atomic E-state index is 10.2. The minimum atomic E-state index is -0.589. The molecule has 0 fully saturated rings. The smallest absolute Gasteiger partial charge is 0.126 e. The lowest BCUT2D eigenvalue weighted by Gasteiger charge is -2.40. The highest BCUT2D eigenvalue weighted by atomic mass is 79.9. The van der Waals surface area contributed by atoms with E-state index >= 15 is 0 Å². The summed E-state index contributed by atoms with van der Waals surface area (Å²) in [5.41, 5.74) is 0.335. The summed E-state index contributed by atoms with van der Waals surface area (Å²) in [7, 11) is 1.60. The Morgan fingerprint density at radius 2 is 2.12 bits per heavy atom. The number of hydrogen-bond donors (Lipinski definition) is 1. The Balaban J connectivity index is 2.47. The number of rotatable bonds is 1. The van der Waals surface area contributed by atoms with Gasteiger partial charge in [-0.1, -0.05) is 15.9 Å². The van der Waals surface area contributed by atoms with Crippen LogP contribution in [0.3, 0.4) is 0 Å². The Bertz CT molecular complexity index is 403. The van der Waals surface area contributed by atoms with Gasteiger partial charge >= 0.3 is 0 Å². The van der Waals surface area contributed by atoms with Gasteiger partial charge in [0.2, 0.25) is 0 Å². The summed E-state index contributed by atoms with van der Waals surface area (Å²) >= 11 is 3.48. The summed E-state index contributed by atoms with van der Waals surface area (Å²) in [6.07, 6.45) is -0.589. The van der Waals surface area contributed by atoms with Gasteiger partial charge in [-0.25, -0.2) is 0 Å². The quantitative estimate of drug-likeness (QED) is 0.807. The topological polar surface area (TPSA) is 38.7 Å². The van der Waals surface area contributed by atoms with E-state index in [1.54, 1.807) is 7.11 Å². The van der Waals surface area contributed by atoms with Gasteiger partial charge in [-0.05, 0) is 32.0 Å². The van der Waals surface area contributed by atoms with Gasteiger partial charge in [-0.2, -0.15) is 0 Å². The van der Waals surface area contributed by atoms with E-state index in [1.807, 2.05) is 32.0 Å². The molecule has 2 rings (SSSR count). The van der Waals surface area contributed by atoms with Crippen LogP contribution in [-0.4, -0.2) is 22.6 Å². The predicted octanol–water partition coefficient (Wildman–Crippen LogP) is 2.66. The lowest BCUT2D eigenvalue weighted by molar-refractivity contribution is 0.0223. The lowest BCUT2D eigenvalue weighted by Crippen LogP contribution is -2.45. The van der Waals surface area contributed by atoms with Crippen molar-refractivity contribution >= 4 is 15.9 Å². The Morgan fingerprint density at radius 1 is 1.44 bits per heavy atom. The third kappa shape index (κ3) is 1.80. The van der Waals surface area contributed by atoms with Crippen molar-refractivity contribution in [2.75, 3.05) is 7.11 Å². The molecular formula is C12H15BrO3. The summed E-state index contributed by atoms with van der Waals surface area (Å²) in [4.78, 5) is -0.139. The second-order valence-electron chi connectivity index (χ2n) is 4.46. The van der Waals surface area contributed by atoms with Crippen LogP contribution >= 0.6 is 15.9 Å². The Morgan fingerprint density at radius 3 is 2.75 bits per heavy atom. The fourth-order valence-corrected chi connectivity index (χ4v) is 2.23. The first-order valence-corrected chi connectivity index (χ1v) is 6.06. The molecule has 1 aromatic rings. The number of hydrogen-bond acceptors (Lipinski definition) is 3. The highest BCUT2D eigenvalue weighted by molar-refractivity contribution is 9.09. The van der Waals surface area contributed by atoms with E-state index in [2.05, 4.69) is 15.9 Å². The second kappa shape index (κ2) is 3.93. The molecule has 0 bridgehead atoms. The number of halogens is 1. The summed E-state index contributed by atoms with van der Waals surface area (Å²) in [6, 6.07) is 5.47. The normalized spacial score (nSPS) is 26.8. The monoisotopic (exact) mass is 286 g/mol. The minimum absolute atomic E-state index is 0.139. The van der Waals surface area contributed by atoms with E-state index < -0.39 is 11.7 Å². The van der Waals surface area contributed by atoms with Crippen molar-refractivity contribution in [3.63, 3.8) is 0 Å². The molecule has 1 aromatic carbocycles. The maximum Gasteiger partial charge on any atom is 0.126 e. The highest BCUT2D eigenvalue weighted by Crippen LogP contribution is 2.44. The van der Waals surface area contributed by atoms with Crippen molar-refractivity contribution in [1.29, 1.82) is 0 Å². The molecule has 0 aromatic heterocycles. The van der Waals surface area contributed by atoms with Gasteiger partial charge in [0.25, 0.3) is 0 Å². The fourth-order valence-electron chi connectivity index (χ4n) is 1.86. The molecule has 1 N–H and O–H groups in total. The lowest BCUT2D eigenvalue weighted by atomic mass is 9.91. The van der Waals surface area contributed by atoms with Crippen molar-refractivity contribution in [2.24, 2.45) is 0 Å². The third-order valence-electron chi connectivity index (χ3n) is 2.85. The second-order valence-corrected chi connectivity index (χ2v) is 5.44. The van der Waals surface area contributed by atoms with Gasteiger partial charge in [0.15, 0.2) is 0 Å². The van der Waals surface area contributed by atoms with E-state index in [1.165, 1.54) is 0 Å². The van der Waals surface area contributed by atoms with Gasteiger partial charge in [-0.15, -0.1) is 0 Å². The summed E-state index contributed by atoms with van der Waals surface area (Å²) < 4.78 is 11.0. The number of methoxy groups -OCH3 is 1. The zero-order valence-electron chi connectivity index (χ0n) is 9.53. The van der Waals surface area contributed by atoms with Crippen LogP contribution in [0.15, 0.2) is 18.2 Å². The summed E-state index contributed by atoms with van der Waals surface area (Å²) in [5.74, 6) is 1.44. The molecule has 88 valence electrons. The van der Waals surface area contributed by atoms with Gasteiger partial charge in [0, 0.05) is 5.56 Å². The van der Waals surface area contributed by atoms with Crippen LogP contribution in [0.25, 0.3) is 0 Å². The van der Waals surface area contributed by atoms with Crippen LogP contribution in [0.2, 0.25) is 0 Å². The van der Waals surface area contributed by atoms with E-state index in [9.17, 15) is 5.11 Å². The van der Waals surface area contributed by atoms with Crippen molar-refractivity contribution in [3.8, 4) is 11.5 Å². The van der Waals surface area contributed by atoms with Crippen molar-refractivity contribution in [1.82, 2.24) is 0 Å². The SMILES string of the molecule is COc1ccc2c(c1)[C@@H](O)[C@H](Br)C(C)(C)O2. The Labute approximate surface area is 104 Å². The standard InChI is InChI=1S/C12H15BrO3/c1-12(2)11(13)10(14)8-6-7(15-3)4-5-9(8)16-12/h4-6,10-11,14H,1-3H3/t10-,11+/m1/s1. The molecule has 0 amide bonds. The van der Waals surface area contributed by atoms with Crippen molar-refractivity contribution in [3.05, 3.63) is 23.8 Å². The van der Waals surface area contributed by atoms with Crippen LogP contribution in [0.1, 0.15) is 25.5 Å². The van der Waals surface area contributed by atoms with Crippen LogP contribution in [0.5, 0.6) is 11.5 Å². The summed E-state index contributed by atoms with van der Waals surface area (Å²) in [6.45, 7) is 3.89. The number of aliphatic hydroxyl groups is 1. The molecule has 0 unspecified atom stereocenters. The third-order valence-corrected chi connectivity index (χ3v) is 4.45. The Kier molecular flexibility index (Phi) is 2.88. The molecule has 2 atom stereocenters. The fraction of sp³-hybridized carbons (Fsp3) is 0.500. The molecular weight excluding hydrogens is 272 g/mol. The number of alkyl halides is 1. The van der Waals surface area contributed by atoms with Gasteiger partial charge in [0.1, 0.15) is 17.1 Å². The van der Waals surface area contributed by atoms with Gasteiger partial charge < -0.3 is 14.6 Å². The predicted molar refractivity (Wildman–Crippen MR) is 65.4 cm³/mol. The zero-order valence-corrected chi connectivity index (χ0v) is 11.1. The number of fused-ring (bicyclic) bond motifs is 1. The highest BCUT2D eigenvalue weighted by Gasteiger charge is 2.41. The van der Waals surface area contributed by atoms with Crippen LogP contribution in [0.4, 0.5) is 0 Å². The first-order chi connectivity index (χ1) is 7.45. The molecule has 3 nitrogen and oxygen atoms in total. The molecule has 0 saturated heterocycles. The number of benzene rings is 1. The first kappa shape index (κ1) is 11.7. The van der Waals surface area contributed by atoms with Crippen LogP contribution in [0, 0.1) is 0 Å². The molecule has 1 aliphatic heterocycles. The molecule has 0 saturated carbocycles. The molecule has 1 heterocycles. The van der Waals surface area contributed by atoms with Crippen molar-refractivity contribution < 1.29 is 14.6 Å². The number of aliphatic hydroxyl groups excluding tert-OH is 1.